The van der Waals surface area contributed by atoms with Gasteiger partial charge >= 0.3 is 5.97 Å². The summed E-state index contributed by atoms with van der Waals surface area (Å²) < 4.78 is 23.4. The predicted molar refractivity (Wildman–Crippen MR) is 202 cm³/mol. The minimum atomic E-state index is -1.74. The molecule has 2 aliphatic heterocycles. The third-order valence-electron chi connectivity index (χ3n) is 17.2. The van der Waals surface area contributed by atoms with Gasteiger partial charge in [-0.1, -0.05) is 53.2 Å². The van der Waals surface area contributed by atoms with Crippen molar-refractivity contribution in [3.05, 3.63) is 11.6 Å². The minimum absolute atomic E-state index is 0.115. The average Bonchev–Trinajstić information content (AvgIpc) is 3.14. The smallest absolute Gasteiger partial charge is 0.317 e. The molecule has 16 heteroatoms. The fourth-order valence-corrected chi connectivity index (χ4v) is 13.9. The number of allylic oxidation sites excluding steroid dienone is 2. The molecule has 5 aliphatic carbocycles. The fraction of sp³-hybridized carbons (Fsp3) is 0.929. The molecule has 0 aromatic rings. The zero-order valence-corrected chi connectivity index (χ0v) is 34.7. The first kappa shape index (κ1) is 44.7. The first-order chi connectivity index (χ1) is 26.9. The highest BCUT2D eigenvalue weighted by Crippen LogP contribution is 2.76. The Labute approximate surface area is 339 Å². The Morgan fingerprint density at radius 3 is 2.03 bits per heavy atom. The molecule has 58 heavy (non-hydrogen) atoms. The topological polar surface area (TPSA) is 277 Å². The van der Waals surface area contributed by atoms with Crippen molar-refractivity contribution in [1.29, 1.82) is 0 Å². The normalized spacial score (nSPS) is 56.5. The largest absolute Gasteiger partial charge is 0.432 e. The van der Waals surface area contributed by atoms with Crippen LogP contribution < -0.4 is 0 Å². The molecule has 2 heterocycles. The van der Waals surface area contributed by atoms with Crippen LogP contribution in [0.15, 0.2) is 11.6 Å². The Hall–Kier alpha value is -1.35. The molecule has 0 bridgehead atoms. The van der Waals surface area contributed by atoms with E-state index in [0.717, 1.165) is 5.57 Å². The van der Waals surface area contributed by atoms with Crippen LogP contribution in [0.4, 0.5) is 0 Å². The van der Waals surface area contributed by atoms with Crippen molar-refractivity contribution in [1.82, 2.24) is 0 Å². The standard InChI is InChI=1S/C42H68O16/c1-18-26(48)28(50)30(52)34(55-18)58-36(54)42-11-10-37(2,3)12-20(42)19-8-9-24-38(4)13-22(46)33(57-35-31(53)29(51)27(49)23(16-43)56-35)39(5,17-44)32(38)21(45)14-41(24,7)40(19,6)15-25(42)47/h8,18,20-35,43-53H,9-17H2,1-7H3/t18-,20?,21+,22-,23+,24+,25+,26-,27+,28+,29-,30+,31+,32?,33-,34+,35-,38+,39-,40+,41+,42+/m0/s1. The van der Waals surface area contributed by atoms with Gasteiger partial charge in [-0.25, -0.2) is 0 Å². The maximum atomic E-state index is 14.6. The average molecular weight is 829 g/mol. The van der Waals surface area contributed by atoms with Gasteiger partial charge in [-0.05, 0) is 85.4 Å². The lowest BCUT2D eigenvalue weighted by Gasteiger charge is -2.73. The van der Waals surface area contributed by atoms with E-state index in [0.29, 0.717) is 25.7 Å². The fourth-order valence-electron chi connectivity index (χ4n) is 13.9. The van der Waals surface area contributed by atoms with E-state index in [1.807, 2.05) is 6.92 Å². The highest BCUT2D eigenvalue weighted by Gasteiger charge is 2.74. The summed E-state index contributed by atoms with van der Waals surface area (Å²) in [6.07, 6.45) is -15.2. The monoisotopic (exact) mass is 828 g/mol. The van der Waals surface area contributed by atoms with Gasteiger partial charge in [0.05, 0.1) is 43.7 Å². The lowest BCUT2D eigenvalue weighted by Crippen LogP contribution is -2.73. The second kappa shape index (κ2) is 14.9. The predicted octanol–water partition coefficient (Wildman–Crippen LogP) is -0.771. The molecule has 4 saturated carbocycles. The number of hydrogen-bond acceptors (Lipinski definition) is 16. The molecule has 0 aromatic heterocycles. The number of fused-ring (bicyclic) bond motifs is 7. The number of rotatable bonds is 6. The minimum Gasteiger partial charge on any atom is -0.432 e. The molecular formula is C42H68O16. The third kappa shape index (κ3) is 6.25. The number of esters is 1. The van der Waals surface area contributed by atoms with Gasteiger partial charge in [0, 0.05) is 11.3 Å². The van der Waals surface area contributed by atoms with Crippen molar-refractivity contribution < 1.29 is 79.9 Å². The van der Waals surface area contributed by atoms with E-state index in [4.69, 9.17) is 18.9 Å². The zero-order valence-electron chi connectivity index (χ0n) is 34.7. The highest BCUT2D eigenvalue weighted by atomic mass is 16.7. The molecule has 6 fully saturated rings. The number of ether oxygens (including phenoxy) is 4. The highest BCUT2D eigenvalue weighted by molar-refractivity contribution is 5.80. The van der Waals surface area contributed by atoms with E-state index in [-0.39, 0.29) is 30.6 Å². The number of hydrogen-bond donors (Lipinski definition) is 11. The zero-order chi connectivity index (χ0) is 42.9. The van der Waals surface area contributed by atoms with E-state index in [1.54, 1.807) is 6.92 Å². The Morgan fingerprint density at radius 1 is 0.759 bits per heavy atom. The molecule has 2 saturated heterocycles. The molecule has 7 aliphatic rings. The van der Waals surface area contributed by atoms with E-state index < -0.39 is 144 Å². The molecule has 11 N–H and O–H groups in total. The quantitative estimate of drug-likeness (QED) is 0.0891. The summed E-state index contributed by atoms with van der Waals surface area (Å²) in [4.78, 5) is 14.6. The van der Waals surface area contributed by atoms with Crippen molar-refractivity contribution in [3.8, 4) is 0 Å². The molecule has 0 amide bonds. The molecular weight excluding hydrogens is 760 g/mol. The molecule has 0 aromatic carbocycles. The number of carbonyl (C=O) groups excluding carboxylic acids is 1. The Morgan fingerprint density at radius 2 is 1.40 bits per heavy atom. The van der Waals surface area contributed by atoms with E-state index in [1.165, 1.54) is 6.92 Å². The molecule has 7 rings (SSSR count). The van der Waals surface area contributed by atoms with Crippen LogP contribution in [0.3, 0.4) is 0 Å². The van der Waals surface area contributed by atoms with Crippen LogP contribution in [0.2, 0.25) is 0 Å². The summed E-state index contributed by atoms with van der Waals surface area (Å²) in [6, 6.07) is 0. The van der Waals surface area contributed by atoms with Crippen LogP contribution in [0.25, 0.3) is 0 Å². The van der Waals surface area contributed by atoms with Gasteiger partial charge in [-0.3, -0.25) is 4.79 Å². The van der Waals surface area contributed by atoms with Crippen molar-refractivity contribution >= 4 is 5.97 Å². The van der Waals surface area contributed by atoms with E-state index >= 15 is 0 Å². The molecule has 332 valence electrons. The lowest BCUT2D eigenvalue weighted by atomic mass is 9.32. The van der Waals surface area contributed by atoms with Gasteiger partial charge in [-0.2, -0.15) is 0 Å². The van der Waals surface area contributed by atoms with Crippen molar-refractivity contribution in [2.24, 2.45) is 50.2 Å². The van der Waals surface area contributed by atoms with Crippen LogP contribution >= 0.6 is 0 Å². The van der Waals surface area contributed by atoms with Crippen LogP contribution in [0, 0.1) is 50.2 Å². The number of aliphatic hydroxyl groups excluding tert-OH is 11. The second-order valence-electron chi connectivity index (χ2n) is 20.9. The molecule has 16 nitrogen and oxygen atoms in total. The van der Waals surface area contributed by atoms with Crippen LogP contribution in [0.5, 0.6) is 0 Å². The first-order valence-corrected chi connectivity index (χ1v) is 21.1. The van der Waals surface area contributed by atoms with E-state index in [9.17, 15) is 61.0 Å². The van der Waals surface area contributed by atoms with Gasteiger partial charge < -0.3 is 75.1 Å². The number of aliphatic hydroxyl groups is 11. The van der Waals surface area contributed by atoms with Gasteiger partial charge in [0.15, 0.2) is 6.29 Å². The summed E-state index contributed by atoms with van der Waals surface area (Å²) in [6.45, 7) is 12.5. The van der Waals surface area contributed by atoms with E-state index in [2.05, 4.69) is 33.8 Å². The Balaban J connectivity index is 1.23. The van der Waals surface area contributed by atoms with Crippen LogP contribution in [0.1, 0.15) is 93.4 Å². The summed E-state index contributed by atoms with van der Waals surface area (Å²) in [5.41, 5.74) is -4.29. The van der Waals surface area contributed by atoms with Crippen LogP contribution in [-0.2, 0) is 23.7 Å². The summed E-state index contributed by atoms with van der Waals surface area (Å²) in [5.74, 6) is -2.11. The van der Waals surface area contributed by atoms with Gasteiger partial charge in [-0.15, -0.1) is 0 Å². The maximum Gasteiger partial charge on any atom is 0.317 e. The third-order valence-corrected chi connectivity index (χ3v) is 17.2. The number of carbonyl (C=O) groups is 1. The Bertz CT molecular complexity index is 1590. The van der Waals surface area contributed by atoms with Crippen molar-refractivity contribution in [3.63, 3.8) is 0 Å². The summed E-state index contributed by atoms with van der Waals surface area (Å²) in [7, 11) is 0. The lowest BCUT2D eigenvalue weighted by molar-refractivity contribution is -0.351. The molecule has 2 unspecified atom stereocenters. The second-order valence-corrected chi connectivity index (χ2v) is 20.9. The summed E-state index contributed by atoms with van der Waals surface area (Å²) in [5, 5.41) is 121. The van der Waals surface area contributed by atoms with Gasteiger partial charge in [0.2, 0.25) is 6.29 Å². The first-order valence-electron chi connectivity index (χ1n) is 21.1. The Kier molecular flexibility index (Phi) is 11.5. The molecule has 22 atom stereocenters. The van der Waals surface area contributed by atoms with Crippen molar-refractivity contribution in [2.45, 2.75) is 179 Å². The van der Waals surface area contributed by atoms with Crippen LogP contribution in [-0.4, -0.2) is 161 Å². The van der Waals surface area contributed by atoms with Gasteiger partial charge in [0.25, 0.3) is 0 Å². The maximum absolute atomic E-state index is 14.6. The molecule has 0 radical (unpaired) electrons. The molecule has 0 spiro atoms. The van der Waals surface area contributed by atoms with Gasteiger partial charge in [0.1, 0.15) is 48.1 Å². The summed E-state index contributed by atoms with van der Waals surface area (Å²) >= 11 is 0. The SMILES string of the molecule is C[C@@H]1O[C@H](OC(=O)[C@]23CCC(C)(C)CC2C2=CC[C@@H]4[C@@]5(C)C[C@H](O)[C@H](O[C@@H]6O[C@H](CO)[C@@H](O)[C@H](O)[C@H]6O)[C@@](C)(CO)C5[C@H](O)C[C@@]4(C)[C@]2(C)C[C@H]3O)[C@H](O)[C@H](O)[C@H]1O. The van der Waals surface area contributed by atoms with Crippen molar-refractivity contribution in [2.75, 3.05) is 13.2 Å².